The summed E-state index contributed by atoms with van der Waals surface area (Å²) in [5, 5.41) is 2.82. The average molecular weight is 335 g/mol. The Bertz CT molecular complexity index is 439. The van der Waals surface area contributed by atoms with Crippen molar-refractivity contribution in [3.8, 4) is 0 Å². The van der Waals surface area contributed by atoms with Crippen LogP contribution in [0.2, 0.25) is 0 Å². The summed E-state index contributed by atoms with van der Waals surface area (Å²) in [6.45, 7) is 3.68. The second-order valence-electron chi connectivity index (χ2n) is 5.08. The van der Waals surface area contributed by atoms with Gasteiger partial charge in [-0.1, -0.05) is 6.08 Å². The second-order valence-corrected chi connectivity index (χ2v) is 6.49. The summed E-state index contributed by atoms with van der Waals surface area (Å²) in [4.78, 5) is 11.0. The molecule has 0 aromatic heterocycles. The average Bonchev–Trinajstić information content (AvgIpc) is 2.21. The van der Waals surface area contributed by atoms with Crippen molar-refractivity contribution in [3.63, 3.8) is 0 Å². The maximum absolute atomic E-state index is 11.0. The van der Waals surface area contributed by atoms with Crippen molar-refractivity contribution in [2.24, 2.45) is 0 Å². The van der Waals surface area contributed by atoms with Gasteiger partial charge in [-0.15, -0.1) is 0 Å². The third-order valence-corrected chi connectivity index (χ3v) is 2.50. The van der Waals surface area contributed by atoms with E-state index in [0.29, 0.717) is 0 Å². The maximum Gasteiger partial charge on any atom is 0.522 e. The van der Waals surface area contributed by atoms with E-state index < -0.39 is 15.6 Å². The number of quaternary nitrogens is 1. The molecule has 21 heavy (non-hydrogen) atoms. The number of nitrogens with zero attached hydrogens (tertiary/aromatic N) is 1. The number of carbonyl (C=O) groups is 1. The van der Waals surface area contributed by atoms with E-state index in [1.165, 1.54) is 0 Å². The van der Waals surface area contributed by atoms with Crippen LogP contribution >= 0.6 is 0 Å². The lowest BCUT2D eigenvalue weighted by atomic mass is 10.3. The SMILES string of the molecule is CC=CC(=O)NCCC[N+](C)(C)C.O=S(=O)(O)C(F)(F)F. The third-order valence-electron chi connectivity index (χ3n) is 1.92. The van der Waals surface area contributed by atoms with Gasteiger partial charge in [0.05, 0.1) is 27.7 Å². The van der Waals surface area contributed by atoms with Crippen LogP contribution in [-0.2, 0) is 14.9 Å². The fourth-order valence-corrected chi connectivity index (χ4v) is 0.975. The van der Waals surface area contributed by atoms with E-state index >= 15 is 0 Å². The quantitative estimate of drug-likeness (QED) is 0.260. The van der Waals surface area contributed by atoms with Crippen molar-refractivity contribution in [1.82, 2.24) is 5.32 Å². The number of halogens is 3. The Morgan fingerprint density at radius 1 is 1.29 bits per heavy atom. The first-order chi connectivity index (χ1) is 9.20. The summed E-state index contributed by atoms with van der Waals surface area (Å²) in [7, 11) is 0.600. The second kappa shape index (κ2) is 9.00. The Morgan fingerprint density at radius 3 is 2.00 bits per heavy atom. The standard InChI is InChI=1S/C10H20N2O.CHF3O3S/c1-5-7-10(13)11-8-6-9-12(2,3)4;2-1(3,4)8(5,6)7/h5,7H,6,8-9H2,1-4H3;(H,5,6,7)/p+1. The molecule has 1 amide bonds. The highest BCUT2D eigenvalue weighted by Crippen LogP contribution is 2.20. The molecule has 2 N–H and O–H groups in total. The number of amides is 1. The molecule has 0 spiro atoms. The van der Waals surface area contributed by atoms with E-state index in [-0.39, 0.29) is 5.91 Å². The van der Waals surface area contributed by atoms with Crippen molar-refractivity contribution in [2.45, 2.75) is 18.9 Å². The molecule has 0 aliphatic rings. The highest BCUT2D eigenvalue weighted by Gasteiger charge is 2.44. The minimum absolute atomic E-state index is 0.00362. The number of carbonyl (C=O) groups excluding carboxylic acids is 1. The fraction of sp³-hybridized carbons (Fsp3) is 0.727. The number of rotatable bonds is 5. The van der Waals surface area contributed by atoms with Gasteiger partial charge in [-0.05, 0) is 13.0 Å². The van der Waals surface area contributed by atoms with E-state index in [9.17, 15) is 18.0 Å². The number of allylic oxidation sites excluding steroid dienone is 1. The summed E-state index contributed by atoms with van der Waals surface area (Å²) in [6, 6.07) is 0. The first-order valence-corrected chi connectivity index (χ1v) is 7.39. The van der Waals surface area contributed by atoms with E-state index in [1.54, 1.807) is 12.2 Å². The Labute approximate surface area is 123 Å². The van der Waals surface area contributed by atoms with Gasteiger partial charge < -0.3 is 9.80 Å². The Hall–Kier alpha value is -1.13. The van der Waals surface area contributed by atoms with Crippen molar-refractivity contribution < 1.29 is 35.4 Å². The van der Waals surface area contributed by atoms with Crippen LogP contribution in [0.25, 0.3) is 0 Å². The number of alkyl halides is 3. The van der Waals surface area contributed by atoms with Crippen molar-refractivity contribution in [1.29, 1.82) is 0 Å². The minimum Gasteiger partial charge on any atom is -0.352 e. The summed E-state index contributed by atoms with van der Waals surface area (Å²) in [5.74, 6) is 0.00362. The van der Waals surface area contributed by atoms with Gasteiger partial charge in [0, 0.05) is 13.0 Å². The molecule has 0 saturated carbocycles. The molecular formula is C11H22F3N2O4S+. The molecule has 0 aromatic rings. The van der Waals surface area contributed by atoms with Crippen LogP contribution in [0.3, 0.4) is 0 Å². The molecule has 0 heterocycles. The molecule has 0 bridgehead atoms. The summed E-state index contributed by atoms with van der Waals surface area (Å²) >= 11 is 0. The first-order valence-electron chi connectivity index (χ1n) is 5.95. The Morgan fingerprint density at radius 2 is 1.71 bits per heavy atom. The summed E-state index contributed by atoms with van der Waals surface area (Å²) < 4.78 is 58.5. The third kappa shape index (κ3) is 15.1. The monoisotopic (exact) mass is 335 g/mol. The molecule has 0 rings (SSSR count). The van der Waals surface area contributed by atoms with Gasteiger partial charge in [0.15, 0.2) is 0 Å². The van der Waals surface area contributed by atoms with E-state index in [0.717, 1.165) is 24.0 Å². The number of nitrogens with one attached hydrogen (secondary N) is 1. The largest absolute Gasteiger partial charge is 0.522 e. The lowest BCUT2D eigenvalue weighted by Gasteiger charge is -2.23. The highest BCUT2D eigenvalue weighted by atomic mass is 32.2. The zero-order valence-corrected chi connectivity index (χ0v) is 13.3. The predicted molar refractivity (Wildman–Crippen MR) is 72.9 cm³/mol. The molecule has 0 aromatic carbocycles. The van der Waals surface area contributed by atoms with Crippen LogP contribution < -0.4 is 5.32 Å². The predicted octanol–water partition coefficient (Wildman–Crippen LogP) is 1.17. The van der Waals surface area contributed by atoms with Gasteiger partial charge in [-0.2, -0.15) is 21.6 Å². The van der Waals surface area contributed by atoms with Crippen molar-refractivity contribution in [2.75, 3.05) is 34.2 Å². The molecular weight excluding hydrogens is 313 g/mol. The Kier molecular flexibility index (Phi) is 9.50. The number of hydrogen-bond donors (Lipinski definition) is 2. The lowest BCUT2D eigenvalue weighted by molar-refractivity contribution is -0.870. The molecule has 0 aliphatic carbocycles. The molecule has 0 radical (unpaired) electrons. The number of hydrogen-bond acceptors (Lipinski definition) is 3. The molecule has 0 atom stereocenters. The normalized spacial score (nSPS) is 12.8. The topological polar surface area (TPSA) is 83.5 Å². The molecule has 0 fully saturated rings. The molecule has 6 nitrogen and oxygen atoms in total. The minimum atomic E-state index is -5.84. The van der Waals surface area contributed by atoms with Crippen LogP contribution in [0.15, 0.2) is 12.2 Å². The highest BCUT2D eigenvalue weighted by molar-refractivity contribution is 7.86. The van der Waals surface area contributed by atoms with Gasteiger partial charge in [0.25, 0.3) is 0 Å². The molecule has 10 heteroatoms. The van der Waals surface area contributed by atoms with Gasteiger partial charge in [-0.3, -0.25) is 9.35 Å². The molecule has 0 saturated heterocycles. The van der Waals surface area contributed by atoms with Crippen LogP contribution in [0, 0.1) is 0 Å². The van der Waals surface area contributed by atoms with Gasteiger partial charge in [-0.25, -0.2) is 0 Å². The molecule has 126 valence electrons. The lowest BCUT2D eigenvalue weighted by Crippen LogP contribution is -2.37. The van der Waals surface area contributed by atoms with Crippen LogP contribution in [-0.4, -0.2) is 63.1 Å². The van der Waals surface area contributed by atoms with Crippen molar-refractivity contribution in [3.05, 3.63) is 12.2 Å². The zero-order chi connectivity index (χ0) is 17.3. The fourth-order valence-electron chi connectivity index (χ4n) is 0.975. The van der Waals surface area contributed by atoms with Crippen LogP contribution in [0.4, 0.5) is 13.2 Å². The van der Waals surface area contributed by atoms with E-state index in [2.05, 4.69) is 26.5 Å². The summed E-state index contributed by atoms with van der Waals surface area (Å²) in [5.41, 5.74) is -5.53. The summed E-state index contributed by atoms with van der Waals surface area (Å²) in [6.07, 6.45) is 4.31. The Balaban J connectivity index is 0. The maximum atomic E-state index is 11.0. The van der Waals surface area contributed by atoms with E-state index in [4.69, 9.17) is 13.0 Å². The van der Waals surface area contributed by atoms with Crippen molar-refractivity contribution >= 4 is 16.0 Å². The first kappa shape index (κ1) is 22.2. The van der Waals surface area contributed by atoms with Crippen LogP contribution in [0.5, 0.6) is 0 Å². The molecule has 0 aliphatic heterocycles. The van der Waals surface area contributed by atoms with Gasteiger partial charge in [0.1, 0.15) is 0 Å². The van der Waals surface area contributed by atoms with Gasteiger partial charge >= 0.3 is 15.6 Å². The molecule has 0 unspecified atom stereocenters. The van der Waals surface area contributed by atoms with Gasteiger partial charge in [0.2, 0.25) is 5.91 Å². The smallest absolute Gasteiger partial charge is 0.352 e. The van der Waals surface area contributed by atoms with E-state index in [1.807, 2.05) is 6.92 Å². The zero-order valence-electron chi connectivity index (χ0n) is 12.4. The van der Waals surface area contributed by atoms with Crippen LogP contribution in [0.1, 0.15) is 13.3 Å².